The van der Waals surface area contributed by atoms with Crippen LogP contribution in [0.15, 0.2) is 53.7 Å². The molecule has 4 rings (SSSR count). The van der Waals surface area contributed by atoms with Crippen molar-refractivity contribution < 1.29 is 8.42 Å². The number of halogens is 1. The Hall–Kier alpha value is -1.85. The lowest BCUT2D eigenvalue weighted by atomic mass is 9.99. The van der Waals surface area contributed by atoms with Gasteiger partial charge >= 0.3 is 0 Å². The summed E-state index contributed by atoms with van der Waals surface area (Å²) in [4.78, 5) is 4.65. The van der Waals surface area contributed by atoms with Crippen molar-refractivity contribution in [1.82, 2.24) is 8.96 Å². The number of aromatic nitrogens is 2. The molecule has 1 aromatic carbocycles. The van der Waals surface area contributed by atoms with Crippen LogP contribution < -0.4 is 0 Å². The van der Waals surface area contributed by atoms with Crippen LogP contribution in [0.25, 0.3) is 11.0 Å². The molecule has 25 heavy (non-hydrogen) atoms. The van der Waals surface area contributed by atoms with E-state index in [1.807, 2.05) is 6.07 Å². The molecule has 1 aliphatic rings. The van der Waals surface area contributed by atoms with Gasteiger partial charge in [-0.15, -0.1) is 0 Å². The van der Waals surface area contributed by atoms with Gasteiger partial charge in [0.25, 0.3) is 10.0 Å². The van der Waals surface area contributed by atoms with Gasteiger partial charge in [0, 0.05) is 17.4 Å². The van der Waals surface area contributed by atoms with E-state index in [0.717, 1.165) is 17.5 Å². The van der Waals surface area contributed by atoms with Crippen LogP contribution in [0.5, 0.6) is 0 Å². The highest BCUT2D eigenvalue weighted by atomic mass is 35.5. The molecule has 2 aromatic heterocycles. The van der Waals surface area contributed by atoms with Gasteiger partial charge in [-0.05, 0) is 48.2 Å². The second kappa shape index (κ2) is 6.46. The van der Waals surface area contributed by atoms with Crippen molar-refractivity contribution in [3.05, 3.63) is 59.4 Å². The Morgan fingerprint density at radius 3 is 2.72 bits per heavy atom. The molecular formula is C19H19ClN2O2S. The van der Waals surface area contributed by atoms with Gasteiger partial charge in [0.05, 0.1) is 15.9 Å². The van der Waals surface area contributed by atoms with Crippen molar-refractivity contribution in [2.45, 2.75) is 37.0 Å². The molecule has 0 saturated heterocycles. The zero-order chi connectivity index (χ0) is 17.4. The molecule has 0 atom stereocenters. The number of rotatable bonds is 4. The van der Waals surface area contributed by atoms with Gasteiger partial charge in [0.15, 0.2) is 0 Å². The summed E-state index contributed by atoms with van der Waals surface area (Å²) in [5, 5.41) is 0.404. The van der Waals surface area contributed by atoms with Gasteiger partial charge in [0.1, 0.15) is 0 Å². The second-order valence-corrected chi connectivity index (χ2v) is 8.89. The molecule has 3 aromatic rings. The summed E-state index contributed by atoms with van der Waals surface area (Å²) >= 11 is 5.99. The van der Waals surface area contributed by atoms with E-state index in [2.05, 4.69) is 4.98 Å². The zero-order valence-corrected chi connectivity index (χ0v) is 15.3. The van der Waals surface area contributed by atoms with E-state index < -0.39 is 10.0 Å². The van der Waals surface area contributed by atoms with Crippen LogP contribution in [0.3, 0.4) is 0 Å². The summed E-state index contributed by atoms with van der Waals surface area (Å²) < 4.78 is 27.6. The summed E-state index contributed by atoms with van der Waals surface area (Å²) in [6, 6.07) is 9.95. The third kappa shape index (κ3) is 3.07. The first kappa shape index (κ1) is 16.6. The molecule has 6 heteroatoms. The van der Waals surface area contributed by atoms with E-state index in [9.17, 15) is 8.42 Å². The van der Waals surface area contributed by atoms with E-state index in [4.69, 9.17) is 11.6 Å². The first-order valence-corrected chi connectivity index (χ1v) is 10.3. The van der Waals surface area contributed by atoms with Gasteiger partial charge < -0.3 is 0 Å². The summed E-state index contributed by atoms with van der Waals surface area (Å²) in [5.41, 5.74) is 2.41. The predicted molar refractivity (Wildman–Crippen MR) is 99.4 cm³/mol. The number of nitrogens with zero attached hydrogens (tertiary/aromatic N) is 2. The first-order valence-electron chi connectivity index (χ1n) is 8.52. The predicted octanol–water partition coefficient (Wildman–Crippen LogP) is 4.66. The SMILES string of the molecule is O=S(=O)(c1cccc(Cl)c1)n1cc(CC2CCCC2)c2ncccc21. The number of hydrogen-bond acceptors (Lipinski definition) is 3. The standard InChI is InChI=1S/C19H19ClN2O2S/c20-16-7-3-8-17(12-16)25(23,24)22-13-15(11-14-5-1-2-6-14)19-18(22)9-4-10-21-19/h3-4,7-10,12-14H,1-2,5-6,11H2. The van der Waals surface area contributed by atoms with Crippen LogP contribution in [-0.2, 0) is 16.4 Å². The third-order valence-electron chi connectivity index (χ3n) is 4.94. The normalized spacial score (nSPS) is 15.9. The van der Waals surface area contributed by atoms with E-state index in [1.54, 1.807) is 36.7 Å². The summed E-state index contributed by atoms with van der Waals surface area (Å²) in [6.07, 6.45) is 9.28. The molecule has 1 saturated carbocycles. The largest absolute Gasteiger partial charge is 0.268 e. The molecule has 0 unspecified atom stereocenters. The highest BCUT2D eigenvalue weighted by Crippen LogP contribution is 2.32. The molecular weight excluding hydrogens is 356 g/mol. The monoisotopic (exact) mass is 374 g/mol. The summed E-state index contributed by atoms with van der Waals surface area (Å²) in [6.45, 7) is 0. The first-order chi connectivity index (χ1) is 12.1. The Bertz CT molecular complexity index is 1020. The lowest BCUT2D eigenvalue weighted by Gasteiger charge is -2.08. The number of pyridine rings is 1. The van der Waals surface area contributed by atoms with Crippen LogP contribution >= 0.6 is 11.6 Å². The molecule has 0 spiro atoms. The molecule has 0 radical (unpaired) electrons. The van der Waals surface area contributed by atoms with Gasteiger partial charge in [-0.3, -0.25) is 4.98 Å². The quantitative estimate of drug-likeness (QED) is 0.667. The number of benzene rings is 1. The van der Waals surface area contributed by atoms with Crippen LogP contribution in [0.1, 0.15) is 31.2 Å². The Morgan fingerprint density at radius 1 is 1.16 bits per heavy atom. The van der Waals surface area contributed by atoms with Crippen molar-refractivity contribution in [2.75, 3.05) is 0 Å². The zero-order valence-electron chi connectivity index (χ0n) is 13.7. The van der Waals surface area contributed by atoms with Crippen molar-refractivity contribution in [1.29, 1.82) is 0 Å². The van der Waals surface area contributed by atoms with E-state index in [1.165, 1.54) is 35.7 Å². The number of hydrogen-bond donors (Lipinski definition) is 0. The van der Waals surface area contributed by atoms with Crippen molar-refractivity contribution in [3.8, 4) is 0 Å². The van der Waals surface area contributed by atoms with Crippen LogP contribution in [-0.4, -0.2) is 17.4 Å². The maximum atomic E-state index is 13.1. The van der Waals surface area contributed by atoms with Crippen molar-refractivity contribution in [3.63, 3.8) is 0 Å². The highest BCUT2D eigenvalue weighted by molar-refractivity contribution is 7.90. The summed E-state index contributed by atoms with van der Waals surface area (Å²) in [7, 11) is -3.71. The molecule has 1 fully saturated rings. The van der Waals surface area contributed by atoms with Gasteiger partial charge in [-0.1, -0.05) is 43.4 Å². The second-order valence-electron chi connectivity index (χ2n) is 6.64. The van der Waals surface area contributed by atoms with Crippen molar-refractivity contribution >= 4 is 32.7 Å². The van der Waals surface area contributed by atoms with Gasteiger partial charge in [-0.2, -0.15) is 0 Å². The van der Waals surface area contributed by atoms with E-state index in [0.29, 0.717) is 16.5 Å². The van der Waals surface area contributed by atoms with Crippen molar-refractivity contribution in [2.24, 2.45) is 5.92 Å². The molecule has 0 bridgehead atoms. The molecule has 0 N–H and O–H groups in total. The Labute approximate surface area is 152 Å². The minimum absolute atomic E-state index is 0.188. The highest BCUT2D eigenvalue weighted by Gasteiger charge is 2.24. The molecule has 130 valence electrons. The Kier molecular flexibility index (Phi) is 4.29. The maximum absolute atomic E-state index is 13.1. The lowest BCUT2D eigenvalue weighted by Crippen LogP contribution is -2.12. The molecule has 4 nitrogen and oxygen atoms in total. The average Bonchev–Trinajstić information content (AvgIpc) is 3.24. The Morgan fingerprint density at radius 2 is 1.96 bits per heavy atom. The van der Waals surface area contributed by atoms with Crippen LogP contribution in [0, 0.1) is 5.92 Å². The van der Waals surface area contributed by atoms with Gasteiger partial charge in [-0.25, -0.2) is 12.4 Å². The van der Waals surface area contributed by atoms with E-state index in [-0.39, 0.29) is 4.90 Å². The molecule has 2 heterocycles. The van der Waals surface area contributed by atoms with Crippen LogP contribution in [0.4, 0.5) is 0 Å². The molecule has 0 aliphatic heterocycles. The topological polar surface area (TPSA) is 52.0 Å². The fourth-order valence-electron chi connectivity index (χ4n) is 3.71. The fraction of sp³-hybridized carbons (Fsp3) is 0.316. The van der Waals surface area contributed by atoms with Gasteiger partial charge in [0.2, 0.25) is 0 Å². The minimum Gasteiger partial charge on any atom is -0.254 e. The number of fused-ring (bicyclic) bond motifs is 1. The lowest BCUT2D eigenvalue weighted by molar-refractivity contribution is 0.547. The van der Waals surface area contributed by atoms with Crippen LogP contribution in [0.2, 0.25) is 5.02 Å². The smallest absolute Gasteiger partial charge is 0.254 e. The van der Waals surface area contributed by atoms with E-state index >= 15 is 0 Å². The third-order valence-corrected chi connectivity index (χ3v) is 6.84. The fourth-order valence-corrected chi connectivity index (χ4v) is 5.39. The Balaban J connectivity index is 1.84. The maximum Gasteiger partial charge on any atom is 0.268 e. The molecule has 1 aliphatic carbocycles. The molecule has 0 amide bonds. The summed E-state index contributed by atoms with van der Waals surface area (Å²) in [5.74, 6) is 0.620. The average molecular weight is 375 g/mol. The minimum atomic E-state index is -3.71.